The van der Waals surface area contributed by atoms with Crippen molar-refractivity contribution in [2.24, 2.45) is 0 Å². The largest absolute Gasteiger partial charge is 0.478 e. The van der Waals surface area contributed by atoms with Crippen molar-refractivity contribution >= 4 is 17.6 Å². The highest BCUT2D eigenvalue weighted by molar-refractivity contribution is 6.32. The van der Waals surface area contributed by atoms with Crippen molar-refractivity contribution in [1.82, 2.24) is 20.0 Å². The van der Waals surface area contributed by atoms with Crippen LogP contribution in [0.2, 0.25) is 5.15 Å². The summed E-state index contributed by atoms with van der Waals surface area (Å²) in [5.74, 6) is -1.95. The molecule has 0 spiro atoms. The summed E-state index contributed by atoms with van der Waals surface area (Å²) in [5, 5.41) is 18.2. The van der Waals surface area contributed by atoms with Gasteiger partial charge in [0.1, 0.15) is 10.7 Å². The number of carboxylic acid groups (broad SMARTS) is 1. The maximum Gasteiger partial charge on any atom is 0.436 e. The van der Waals surface area contributed by atoms with Gasteiger partial charge in [-0.25, -0.2) is 9.48 Å². The predicted molar refractivity (Wildman–Crippen MR) is 56.1 cm³/mol. The van der Waals surface area contributed by atoms with Gasteiger partial charge in [-0.15, -0.1) is 5.10 Å². The lowest BCUT2D eigenvalue weighted by molar-refractivity contribution is -0.141. The summed E-state index contributed by atoms with van der Waals surface area (Å²) in [6, 6.07) is 2.69. The Kier molecular flexibility index (Phi) is 3.14. The normalized spacial score (nSPS) is 11.6. The summed E-state index contributed by atoms with van der Waals surface area (Å²) < 4.78 is 38.6. The van der Waals surface area contributed by atoms with Crippen molar-refractivity contribution < 1.29 is 23.1 Å². The first-order valence-corrected chi connectivity index (χ1v) is 5.07. The standard InChI is InChI=1S/C9H4ClF3N4O2/c10-7-5(8(18)19)6(9(11,12)13)16-17(7)4-2-1-3-14-15-4/h1-3H,(H,18,19). The molecule has 10 heteroatoms. The van der Waals surface area contributed by atoms with E-state index < -0.39 is 28.6 Å². The molecule has 0 aliphatic carbocycles. The Balaban J connectivity index is 2.70. The van der Waals surface area contributed by atoms with Gasteiger partial charge in [-0.1, -0.05) is 11.6 Å². The van der Waals surface area contributed by atoms with Crippen molar-refractivity contribution in [1.29, 1.82) is 0 Å². The second-order valence-electron chi connectivity index (χ2n) is 3.31. The Hall–Kier alpha value is -2.16. The summed E-state index contributed by atoms with van der Waals surface area (Å²) in [7, 11) is 0. The van der Waals surface area contributed by atoms with Crippen molar-refractivity contribution in [3.05, 3.63) is 34.7 Å². The number of carbonyl (C=O) groups is 1. The summed E-state index contributed by atoms with van der Waals surface area (Å²) >= 11 is 5.62. The molecule has 0 aliphatic heterocycles. The second-order valence-corrected chi connectivity index (χ2v) is 3.67. The zero-order valence-electron chi connectivity index (χ0n) is 8.89. The molecule has 0 atom stereocenters. The van der Waals surface area contributed by atoms with E-state index >= 15 is 0 Å². The Morgan fingerprint density at radius 2 is 2.11 bits per heavy atom. The number of aromatic nitrogens is 4. The van der Waals surface area contributed by atoms with Crippen LogP contribution in [0.3, 0.4) is 0 Å². The lowest BCUT2D eigenvalue weighted by Gasteiger charge is -2.02. The molecule has 0 unspecified atom stereocenters. The van der Waals surface area contributed by atoms with Crippen molar-refractivity contribution in [2.75, 3.05) is 0 Å². The van der Waals surface area contributed by atoms with Crippen molar-refractivity contribution in [2.45, 2.75) is 6.18 Å². The molecule has 2 aromatic heterocycles. The monoisotopic (exact) mass is 292 g/mol. The fraction of sp³-hybridized carbons (Fsp3) is 0.111. The number of hydrogen-bond donors (Lipinski definition) is 1. The van der Waals surface area contributed by atoms with Crippen LogP contribution in [0.5, 0.6) is 0 Å². The molecule has 0 saturated carbocycles. The zero-order chi connectivity index (χ0) is 14.2. The molecule has 100 valence electrons. The van der Waals surface area contributed by atoms with Crippen LogP contribution < -0.4 is 0 Å². The first-order valence-electron chi connectivity index (χ1n) is 4.69. The molecule has 19 heavy (non-hydrogen) atoms. The summed E-state index contributed by atoms with van der Waals surface area (Å²) in [4.78, 5) is 10.9. The average molecular weight is 293 g/mol. The third-order valence-electron chi connectivity index (χ3n) is 2.09. The van der Waals surface area contributed by atoms with Crippen LogP contribution in [0.25, 0.3) is 5.82 Å². The molecule has 0 amide bonds. The molecule has 6 nitrogen and oxygen atoms in total. The lowest BCUT2D eigenvalue weighted by atomic mass is 10.2. The first kappa shape index (κ1) is 13.3. The highest BCUT2D eigenvalue weighted by Crippen LogP contribution is 2.35. The molecule has 1 N–H and O–H groups in total. The van der Waals surface area contributed by atoms with E-state index in [1.54, 1.807) is 0 Å². The SMILES string of the molecule is O=C(O)c1c(C(F)(F)F)nn(-c2cccnn2)c1Cl. The van der Waals surface area contributed by atoms with Crippen LogP contribution >= 0.6 is 11.6 Å². The summed E-state index contributed by atoms with van der Waals surface area (Å²) in [6.07, 6.45) is -3.64. The molecular weight excluding hydrogens is 289 g/mol. The van der Waals surface area contributed by atoms with E-state index in [0.717, 1.165) is 0 Å². The molecule has 2 aromatic rings. The van der Waals surface area contributed by atoms with Crippen LogP contribution in [0, 0.1) is 0 Å². The zero-order valence-corrected chi connectivity index (χ0v) is 9.64. The van der Waals surface area contributed by atoms with Gasteiger partial charge < -0.3 is 5.11 Å². The Morgan fingerprint density at radius 3 is 2.53 bits per heavy atom. The average Bonchev–Trinajstić information content (AvgIpc) is 2.68. The van der Waals surface area contributed by atoms with Gasteiger partial charge in [0, 0.05) is 6.20 Å². The van der Waals surface area contributed by atoms with E-state index in [1.165, 1.54) is 18.3 Å². The van der Waals surface area contributed by atoms with Gasteiger partial charge in [0.15, 0.2) is 11.5 Å². The van der Waals surface area contributed by atoms with Crippen LogP contribution in [0.4, 0.5) is 13.2 Å². The molecule has 2 heterocycles. The molecule has 0 aliphatic rings. The number of rotatable bonds is 2. The predicted octanol–water partition coefficient (Wildman–Crippen LogP) is 2.03. The Labute approximate surface area is 108 Å². The second kappa shape index (κ2) is 4.50. The van der Waals surface area contributed by atoms with Crippen LogP contribution in [-0.2, 0) is 6.18 Å². The highest BCUT2D eigenvalue weighted by atomic mass is 35.5. The number of halogens is 4. The number of alkyl halides is 3. The van der Waals surface area contributed by atoms with E-state index in [0.29, 0.717) is 4.68 Å². The molecule has 0 saturated heterocycles. The third kappa shape index (κ3) is 2.36. The molecule has 0 bridgehead atoms. The van der Waals surface area contributed by atoms with Gasteiger partial charge in [-0.05, 0) is 12.1 Å². The van der Waals surface area contributed by atoms with Gasteiger partial charge in [0.25, 0.3) is 0 Å². The Bertz CT molecular complexity index is 626. The van der Waals surface area contributed by atoms with E-state index in [4.69, 9.17) is 16.7 Å². The smallest absolute Gasteiger partial charge is 0.436 e. The first-order chi connectivity index (χ1) is 8.82. The van der Waals surface area contributed by atoms with Crippen molar-refractivity contribution in [3.63, 3.8) is 0 Å². The van der Waals surface area contributed by atoms with E-state index in [1.807, 2.05) is 0 Å². The third-order valence-corrected chi connectivity index (χ3v) is 2.44. The van der Waals surface area contributed by atoms with Gasteiger partial charge >= 0.3 is 12.1 Å². The molecule has 2 rings (SSSR count). The van der Waals surface area contributed by atoms with Gasteiger partial charge in [-0.2, -0.15) is 23.4 Å². The minimum absolute atomic E-state index is 0.120. The van der Waals surface area contributed by atoms with Gasteiger partial charge in [0.05, 0.1) is 0 Å². The maximum atomic E-state index is 12.7. The molecule has 0 fully saturated rings. The highest BCUT2D eigenvalue weighted by Gasteiger charge is 2.41. The van der Waals surface area contributed by atoms with Crippen LogP contribution in [0.1, 0.15) is 16.1 Å². The fourth-order valence-corrected chi connectivity index (χ4v) is 1.64. The number of aromatic carboxylic acids is 1. The van der Waals surface area contributed by atoms with Crippen LogP contribution in [-0.4, -0.2) is 31.1 Å². The molecule has 0 radical (unpaired) electrons. The van der Waals surface area contributed by atoms with Crippen molar-refractivity contribution in [3.8, 4) is 5.82 Å². The van der Waals surface area contributed by atoms with E-state index in [-0.39, 0.29) is 5.82 Å². The van der Waals surface area contributed by atoms with E-state index in [2.05, 4.69) is 15.3 Å². The fourth-order valence-electron chi connectivity index (χ4n) is 1.34. The number of carboxylic acids is 1. The van der Waals surface area contributed by atoms with Crippen LogP contribution in [0.15, 0.2) is 18.3 Å². The van der Waals surface area contributed by atoms with Gasteiger partial charge in [0.2, 0.25) is 0 Å². The van der Waals surface area contributed by atoms with E-state index in [9.17, 15) is 18.0 Å². The van der Waals surface area contributed by atoms with Gasteiger partial charge in [-0.3, -0.25) is 0 Å². The number of hydrogen-bond acceptors (Lipinski definition) is 4. The molecule has 0 aromatic carbocycles. The molecular formula is C9H4ClF3N4O2. The quantitative estimate of drug-likeness (QED) is 0.916. The summed E-state index contributed by atoms with van der Waals surface area (Å²) in [6.45, 7) is 0. The minimum atomic E-state index is -4.94. The lowest BCUT2D eigenvalue weighted by Crippen LogP contribution is -2.12. The maximum absolute atomic E-state index is 12.7. The topological polar surface area (TPSA) is 80.9 Å². The minimum Gasteiger partial charge on any atom is -0.478 e. The Morgan fingerprint density at radius 1 is 1.42 bits per heavy atom. The summed E-state index contributed by atoms with van der Waals surface area (Å²) in [5.41, 5.74) is -2.71. The number of nitrogens with zero attached hydrogens (tertiary/aromatic N) is 4.